The molecule has 126 valence electrons. The van der Waals surface area contributed by atoms with Gasteiger partial charge in [-0.3, -0.25) is 0 Å². The molecular weight excluding hydrogens is 310 g/mol. The monoisotopic (exact) mass is 335 g/mol. The van der Waals surface area contributed by atoms with Gasteiger partial charge < -0.3 is 5.11 Å². The average molecular weight is 335 g/mol. The molecule has 5 heteroatoms. The molecule has 4 nitrogen and oxygen atoms in total. The molecule has 1 aromatic rings. The summed E-state index contributed by atoms with van der Waals surface area (Å²) in [7, 11) is -3.16. The number of fused-ring (bicyclic) bond motifs is 1. The van der Waals surface area contributed by atoms with E-state index in [0.29, 0.717) is 13.1 Å². The van der Waals surface area contributed by atoms with Crippen molar-refractivity contribution in [3.8, 4) is 0 Å². The van der Waals surface area contributed by atoms with Crippen molar-refractivity contribution in [1.29, 1.82) is 0 Å². The van der Waals surface area contributed by atoms with Gasteiger partial charge in [-0.1, -0.05) is 24.3 Å². The summed E-state index contributed by atoms with van der Waals surface area (Å²) in [5.41, 5.74) is 2.86. The van der Waals surface area contributed by atoms with Crippen LogP contribution >= 0.6 is 0 Å². The lowest BCUT2D eigenvalue weighted by atomic mass is 9.62. The third-order valence-electron chi connectivity index (χ3n) is 6.10. The predicted octanol–water partition coefficient (Wildman–Crippen LogP) is 1.97. The van der Waals surface area contributed by atoms with Crippen molar-refractivity contribution in [1.82, 2.24) is 4.31 Å². The Labute approximate surface area is 138 Å². The van der Waals surface area contributed by atoms with Gasteiger partial charge in [-0.15, -0.1) is 0 Å². The maximum Gasteiger partial charge on any atom is 0.214 e. The molecule has 4 rings (SSSR count). The first-order valence-corrected chi connectivity index (χ1v) is 10.3. The average Bonchev–Trinajstić information content (AvgIpc) is 2.87. The fourth-order valence-corrected chi connectivity index (χ4v) is 6.54. The molecule has 1 spiro atoms. The molecule has 1 heterocycles. The van der Waals surface area contributed by atoms with Crippen LogP contribution in [0, 0.1) is 11.3 Å². The van der Waals surface area contributed by atoms with Gasteiger partial charge in [-0.2, -0.15) is 0 Å². The third-order valence-corrected chi connectivity index (χ3v) is 8.14. The number of hydrogen-bond acceptors (Lipinski definition) is 3. The van der Waals surface area contributed by atoms with Crippen LogP contribution < -0.4 is 0 Å². The van der Waals surface area contributed by atoms with Crippen LogP contribution in [0.5, 0.6) is 0 Å². The third kappa shape index (κ3) is 2.94. The van der Waals surface area contributed by atoms with Crippen molar-refractivity contribution < 1.29 is 13.5 Å². The van der Waals surface area contributed by atoms with Crippen LogP contribution in [0.1, 0.15) is 36.8 Å². The molecule has 0 amide bonds. The summed E-state index contributed by atoms with van der Waals surface area (Å²) in [5, 5.41) is 9.53. The molecule has 0 atom stereocenters. The van der Waals surface area contributed by atoms with Gasteiger partial charge in [0.25, 0.3) is 0 Å². The molecule has 1 saturated heterocycles. The van der Waals surface area contributed by atoms with Gasteiger partial charge in [-0.05, 0) is 61.0 Å². The van der Waals surface area contributed by atoms with E-state index in [1.807, 2.05) is 12.1 Å². The highest BCUT2D eigenvalue weighted by molar-refractivity contribution is 7.89. The lowest BCUT2D eigenvalue weighted by Crippen LogP contribution is -2.51. The van der Waals surface area contributed by atoms with E-state index in [1.54, 1.807) is 4.31 Å². The molecule has 2 fully saturated rings. The van der Waals surface area contributed by atoms with Crippen LogP contribution in [0.4, 0.5) is 0 Å². The first-order chi connectivity index (χ1) is 11.0. The van der Waals surface area contributed by atoms with Crippen LogP contribution in [0.3, 0.4) is 0 Å². The number of aliphatic hydroxyl groups is 1. The summed E-state index contributed by atoms with van der Waals surface area (Å²) in [6.45, 7) is 1.27. The van der Waals surface area contributed by atoms with Crippen molar-refractivity contribution in [3.63, 3.8) is 0 Å². The Hall–Kier alpha value is -0.910. The topological polar surface area (TPSA) is 57.6 Å². The summed E-state index contributed by atoms with van der Waals surface area (Å²) in [5.74, 6) is 0.496. The highest BCUT2D eigenvalue weighted by Gasteiger charge is 2.46. The minimum absolute atomic E-state index is 0.157. The molecule has 1 aliphatic heterocycles. The lowest BCUT2D eigenvalue weighted by molar-refractivity contribution is -0.0586. The minimum atomic E-state index is -3.16. The normalized spacial score (nSPS) is 25.4. The number of aliphatic hydroxyl groups excluding tert-OH is 1. The van der Waals surface area contributed by atoms with Crippen LogP contribution in [0.25, 0.3) is 0 Å². The molecule has 0 unspecified atom stereocenters. The quantitative estimate of drug-likeness (QED) is 0.919. The summed E-state index contributed by atoms with van der Waals surface area (Å²) in [4.78, 5) is 0. The molecule has 0 aromatic heterocycles. The fraction of sp³-hybridized carbons (Fsp3) is 0.667. The Morgan fingerprint density at radius 2 is 1.65 bits per heavy atom. The summed E-state index contributed by atoms with van der Waals surface area (Å²) < 4.78 is 27.2. The van der Waals surface area contributed by atoms with E-state index < -0.39 is 10.0 Å². The second kappa shape index (κ2) is 5.57. The van der Waals surface area contributed by atoms with E-state index in [2.05, 4.69) is 12.1 Å². The molecular formula is C18H25NO3S. The highest BCUT2D eigenvalue weighted by Crippen LogP contribution is 2.49. The Bertz CT molecular complexity index is 659. The zero-order valence-electron chi connectivity index (χ0n) is 13.4. The fourth-order valence-electron chi connectivity index (χ4n) is 4.76. The van der Waals surface area contributed by atoms with E-state index in [1.165, 1.54) is 11.1 Å². The maximum absolute atomic E-state index is 12.8. The molecule has 0 radical (unpaired) electrons. The predicted molar refractivity (Wildman–Crippen MR) is 89.6 cm³/mol. The van der Waals surface area contributed by atoms with Crippen molar-refractivity contribution in [2.75, 3.05) is 18.8 Å². The van der Waals surface area contributed by atoms with E-state index in [4.69, 9.17) is 0 Å². The number of piperidine rings is 1. The van der Waals surface area contributed by atoms with Crippen LogP contribution in [-0.4, -0.2) is 42.8 Å². The van der Waals surface area contributed by atoms with Crippen molar-refractivity contribution in [3.05, 3.63) is 35.4 Å². The van der Waals surface area contributed by atoms with Crippen LogP contribution in [0.15, 0.2) is 24.3 Å². The Balaban J connectivity index is 1.36. The standard InChI is InChI=1S/C18H25NO3S/c20-17-11-18(12-17)5-7-19(8-6-18)23(21,22)13-14-9-15-3-1-2-4-16(15)10-14/h1-4,14,17,20H,5-13H2. The van der Waals surface area contributed by atoms with Crippen LogP contribution in [-0.2, 0) is 22.9 Å². The highest BCUT2D eigenvalue weighted by atomic mass is 32.2. The molecule has 3 aliphatic rings. The Morgan fingerprint density at radius 3 is 2.17 bits per heavy atom. The SMILES string of the molecule is O=S(=O)(CC1Cc2ccccc2C1)N1CCC2(CC1)CC(O)C2. The lowest BCUT2D eigenvalue weighted by Gasteiger charge is -2.50. The summed E-state index contributed by atoms with van der Waals surface area (Å²) >= 11 is 0. The van der Waals surface area contributed by atoms with E-state index >= 15 is 0 Å². The zero-order chi connectivity index (χ0) is 16.1. The van der Waals surface area contributed by atoms with Crippen molar-refractivity contribution >= 4 is 10.0 Å². The molecule has 0 bridgehead atoms. The van der Waals surface area contributed by atoms with Crippen LogP contribution in [0.2, 0.25) is 0 Å². The summed E-state index contributed by atoms with van der Waals surface area (Å²) in [6.07, 6.45) is 5.16. The van der Waals surface area contributed by atoms with Gasteiger partial charge in [0.15, 0.2) is 0 Å². The number of benzene rings is 1. The number of sulfonamides is 1. The second-order valence-corrected chi connectivity index (χ2v) is 9.80. The Kier molecular flexibility index (Phi) is 3.78. The first kappa shape index (κ1) is 15.6. The maximum atomic E-state index is 12.8. The van der Waals surface area contributed by atoms with Gasteiger partial charge in [0, 0.05) is 13.1 Å². The zero-order valence-corrected chi connectivity index (χ0v) is 14.3. The first-order valence-electron chi connectivity index (χ1n) is 8.69. The number of rotatable bonds is 3. The number of nitrogens with zero attached hydrogens (tertiary/aromatic N) is 1. The van der Waals surface area contributed by atoms with Crippen molar-refractivity contribution in [2.45, 2.75) is 44.6 Å². The second-order valence-electron chi connectivity index (χ2n) is 7.78. The van der Waals surface area contributed by atoms with Gasteiger partial charge in [0.05, 0.1) is 11.9 Å². The molecule has 2 aliphatic carbocycles. The summed E-state index contributed by atoms with van der Waals surface area (Å²) in [6, 6.07) is 8.31. The molecule has 1 aromatic carbocycles. The van der Waals surface area contributed by atoms with Crippen molar-refractivity contribution in [2.24, 2.45) is 11.3 Å². The van der Waals surface area contributed by atoms with E-state index in [-0.39, 0.29) is 23.2 Å². The van der Waals surface area contributed by atoms with Gasteiger partial charge in [-0.25, -0.2) is 12.7 Å². The molecule has 1 saturated carbocycles. The minimum Gasteiger partial charge on any atom is -0.393 e. The van der Waals surface area contributed by atoms with Gasteiger partial charge in [0.1, 0.15) is 0 Å². The smallest absolute Gasteiger partial charge is 0.214 e. The number of hydrogen-bond donors (Lipinski definition) is 1. The molecule has 1 N–H and O–H groups in total. The van der Waals surface area contributed by atoms with Gasteiger partial charge in [0.2, 0.25) is 10.0 Å². The largest absolute Gasteiger partial charge is 0.393 e. The van der Waals surface area contributed by atoms with E-state index in [0.717, 1.165) is 38.5 Å². The van der Waals surface area contributed by atoms with E-state index in [9.17, 15) is 13.5 Å². The van der Waals surface area contributed by atoms with Gasteiger partial charge >= 0.3 is 0 Å². The Morgan fingerprint density at radius 1 is 1.09 bits per heavy atom. The molecule has 23 heavy (non-hydrogen) atoms.